The molecule has 26 heavy (non-hydrogen) atoms. The number of carbonyl (C=O) groups is 2. The number of ether oxygens (including phenoxy) is 2. The smallest absolute Gasteiger partial charge is 0.436 e. The summed E-state index contributed by atoms with van der Waals surface area (Å²) < 4.78 is 11.9. The molecule has 0 saturated heterocycles. The summed E-state index contributed by atoms with van der Waals surface area (Å²) in [5, 5.41) is 13.7. The topological polar surface area (TPSA) is 103 Å². The van der Waals surface area contributed by atoms with Crippen LogP contribution in [0.2, 0.25) is 0 Å². The molecule has 1 aromatic heterocycles. The van der Waals surface area contributed by atoms with Gasteiger partial charge in [0.2, 0.25) is 4.80 Å². The summed E-state index contributed by atoms with van der Waals surface area (Å²) in [5.41, 5.74) is 0.325. The molecular formula is C17H21N3O5S. The van der Waals surface area contributed by atoms with E-state index in [9.17, 15) is 9.59 Å². The molecule has 2 rings (SSSR count). The molecule has 0 atom stereocenters. The first-order chi connectivity index (χ1) is 12.2. The normalized spacial score (nSPS) is 12.2. The van der Waals surface area contributed by atoms with Crippen molar-refractivity contribution in [3.8, 4) is 0 Å². The molecule has 0 radical (unpaired) electrons. The van der Waals surface area contributed by atoms with Crippen LogP contribution in [0.15, 0.2) is 35.3 Å². The lowest BCUT2D eigenvalue weighted by Gasteiger charge is -2.16. The lowest BCUT2D eigenvalue weighted by Crippen LogP contribution is -2.26. The molecule has 0 aliphatic heterocycles. The van der Waals surface area contributed by atoms with Crippen LogP contribution in [0.5, 0.6) is 0 Å². The molecular weight excluding hydrogens is 358 g/mol. The molecule has 0 spiro atoms. The lowest BCUT2D eigenvalue weighted by atomic mass is 10.2. The molecule has 0 aliphatic rings. The number of rotatable bonds is 6. The molecule has 0 aliphatic carbocycles. The number of nitrogens with zero attached hydrogens (tertiary/aromatic N) is 3. The first-order valence-corrected chi connectivity index (χ1v) is 8.72. The van der Waals surface area contributed by atoms with Gasteiger partial charge in [-0.05, 0) is 26.3 Å². The largest absolute Gasteiger partial charge is 0.480 e. The van der Waals surface area contributed by atoms with E-state index in [1.807, 2.05) is 30.3 Å². The van der Waals surface area contributed by atoms with Crippen LogP contribution in [0.1, 0.15) is 31.3 Å². The number of carboxylic acids is 1. The third-order valence-electron chi connectivity index (χ3n) is 2.86. The van der Waals surface area contributed by atoms with Crippen molar-refractivity contribution in [3.63, 3.8) is 0 Å². The predicted octanol–water partition coefficient (Wildman–Crippen LogP) is 2.58. The number of aliphatic carboxylic acids is 1. The molecule has 0 bridgehead atoms. The maximum absolute atomic E-state index is 11.9. The summed E-state index contributed by atoms with van der Waals surface area (Å²) in [7, 11) is 0. The number of carbonyl (C=O) groups excluding carboxylic acids is 1. The Morgan fingerprint density at radius 1 is 1.23 bits per heavy atom. The van der Waals surface area contributed by atoms with Gasteiger partial charge in [-0.25, -0.2) is 9.48 Å². The molecule has 1 N–H and O–H groups in total. The quantitative estimate of drug-likeness (QED) is 0.827. The Balaban J connectivity index is 2.11. The van der Waals surface area contributed by atoms with Crippen molar-refractivity contribution in [3.05, 3.63) is 45.7 Å². The molecule has 1 heterocycles. The van der Waals surface area contributed by atoms with Gasteiger partial charge in [-0.15, -0.1) is 4.99 Å². The highest BCUT2D eigenvalue weighted by Crippen LogP contribution is 2.09. The zero-order valence-electron chi connectivity index (χ0n) is 14.8. The first-order valence-electron chi connectivity index (χ1n) is 7.91. The van der Waals surface area contributed by atoms with Crippen molar-refractivity contribution in [2.45, 2.75) is 46.1 Å². The van der Waals surface area contributed by atoms with Gasteiger partial charge in [-0.1, -0.05) is 41.7 Å². The van der Waals surface area contributed by atoms with Crippen LogP contribution < -0.4 is 4.80 Å². The molecule has 1 aromatic carbocycles. The van der Waals surface area contributed by atoms with Crippen molar-refractivity contribution >= 4 is 23.4 Å². The lowest BCUT2D eigenvalue weighted by molar-refractivity contribution is -0.138. The molecule has 1 amide bonds. The van der Waals surface area contributed by atoms with Gasteiger partial charge >= 0.3 is 12.1 Å². The second kappa shape index (κ2) is 8.72. The summed E-state index contributed by atoms with van der Waals surface area (Å²) in [6.07, 6.45) is -0.794. The van der Waals surface area contributed by atoms with Gasteiger partial charge in [0.15, 0.2) is 0 Å². The first kappa shape index (κ1) is 19.8. The van der Waals surface area contributed by atoms with Crippen LogP contribution in [0.25, 0.3) is 0 Å². The highest BCUT2D eigenvalue weighted by Gasteiger charge is 2.17. The molecule has 0 unspecified atom stereocenters. The predicted molar refractivity (Wildman–Crippen MR) is 94.5 cm³/mol. The summed E-state index contributed by atoms with van der Waals surface area (Å²) in [6.45, 7) is 5.35. The molecule has 9 heteroatoms. The van der Waals surface area contributed by atoms with E-state index in [2.05, 4.69) is 10.1 Å². The van der Waals surface area contributed by atoms with Crippen LogP contribution in [0.3, 0.4) is 0 Å². The van der Waals surface area contributed by atoms with Crippen molar-refractivity contribution < 1.29 is 24.2 Å². The van der Waals surface area contributed by atoms with E-state index < -0.39 is 24.2 Å². The van der Waals surface area contributed by atoms with E-state index in [0.29, 0.717) is 11.6 Å². The molecule has 2 aromatic rings. The van der Waals surface area contributed by atoms with Crippen LogP contribution in [0, 0.1) is 0 Å². The zero-order chi connectivity index (χ0) is 19.2. The minimum atomic E-state index is -1.09. The van der Waals surface area contributed by atoms with E-state index in [1.165, 1.54) is 0 Å². The van der Waals surface area contributed by atoms with Gasteiger partial charge in [0.1, 0.15) is 23.8 Å². The van der Waals surface area contributed by atoms with Gasteiger partial charge in [0.05, 0.1) is 6.61 Å². The maximum Gasteiger partial charge on any atom is 0.436 e. The van der Waals surface area contributed by atoms with Crippen molar-refractivity contribution in [1.82, 2.24) is 9.78 Å². The fraction of sp³-hybridized carbons (Fsp3) is 0.412. The molecule has 0 saturated carbocycles. The number of hydrogen-bond donors (Lipinski definition) is 1. The molecule has 8 nitrogen and oxygen atoms in total. The summed E-state index contributed by atoms with van der Waals surface area (Å²) in [5.74, 6) is -1.09. The second-order valence-electron chi connectivity index (χ2n) is 6.40. The van der Waals surface area contributed by atoms with Crippen LogP contribution >= 0.6 is 11.3 Å². The second-order valence-corrected chi connectivity index (χ2v) is 7.44. The Morgan fingerprint density at radius 2 is 1.92 bits per heavy atom. The minimum absolute atomic E-state index is 0.153. The van der Waals surface area contributed by atoms with Crippen molar-refractivity contribution in [2.24, 2.45) is 4.99 Å². The summed E-state index contributed by atoms with van der Waals surface area (Å²) in [6, 6.07) is 9.64. The average Bonchev–Trinajstić information content (AvgIpc) is 2.87. The SMILES string of the molecule is CC(C)(C)OC(=O)N=c1sc(COCc2ccccc2)nn1CC(=O)O. The van der Waals surface area contributed by atoms with Crippen LogP contribution in [-0.4, -0.2) is 32.6 Å². The number of hydrogen-bond acceptors (Lipinski definition) is 6. The Labute approximate surface area is 154 Å². The Bertz CT molecular complexity index is 821. The number of aromatic nitrogens is 2. The Morgan fingerprint density at radius 3 is 2.54 bits per heavy atom. The van der Waals surface area contributed by atoms with Gasteiger partial charge in [0.25, 0.3) is 0 Å². The van der Waals surface area contributed by atoms with E-state index in [4.69, 9.17) is 14.6 Å². The van der Waals surface area contributed by atoms with Gasteiger partial charge < -0.3 is 14.6 Å². The number of benzene rings is 1. The fourth-order valence-electron chi connectivity index (χ4n) is 1.92. The monoisotopic (exact) mass is 379 g/mol. The molecule has 140 valence electrons. The van der Waals surface area contributed by atoms with Crippen molar-refractivity contribution in [1.29, 1.82) is 0 Å². The Kier molecular flexibility index (Phi) is 6.64. The van der Waals surface area contributed by atoms with Gasteiger partial charge in [-0.3, -0.25) is 4.79 Å². The van der Waals surface area contributed by atoms with E-state index in [0.717, 1.165) is 21.6 Å². The standard InChI is InChI=1S/C17H21N3O5S/c1-17(2,3)25-16(23)18-15-20(9-14(21)22)19-13(26-15)11-24-10-12-7-5-4-6-8-12/h4-8H,9-11H2,1-3H3,(H,21,22). The van der Waals surface area contributed by atoms with E-state index in [1.54, 1.807) is 20.8 Å². The summed E-state index contributed by atoms with van der Waals surface area (Å²) in [4.78, 5) is 26.8. The Hall–Kier alpha value is -2.52. The average molecular weight is 379 g/mol. The van der Waals surface area contributed by atoms with Crippen LogP contribution in [-0.2, 0) is 34.0 Å². The van der Waals surface area contributed by atoms with Crippen LogP contribution in [0.4, 0.5) is 4.79 Å². The number of carboxylic acid groups (broad SMARTS) is 1. The highest BCUT2D eigenvalue weighted by atomic mass is 32.1. The van der Waals surface area contributed by atoms with E-state index >= 15 is 0 Å². The van der Waals surface area contributed by atoms with E-state index in [-0.39, 0.29) is 11.4 Å². The third kappa shape index (κ3) is 6.77. The number of amides is 1. The fourth-order valence-corrected chi connectivity index (χ4v) is 2.74. The summed E-state index contributed by atoms with van der Waals surface area (Å²) >= 11 is 1.09. The maximum atomic E-state index is 11.9. The highest BCUT2D eigenvalue weighted by molar-refractivity contribution is 7.08. The minimum Gasteiger partial charge on any atom is -0.480 e. The third-order valence-corrected chi connectivity index (χ3v) is 3.78. The van der Waals surface area contributed by atoms with Crippen molar-refractivity contribution in [2.75, 3.05) is 0 Å². The van der Waals surface area contributed by atoms with Gasteiger partial charge in [-0.2, -0.15) is 5.10 Å². The van der Waals surface area contributed by atoms with Gasteiger partial charge in [0, 0.05) is 0 Å². The zero-order valence-corrected chi connectivity index (χ0v) is 15.7. The molecule has 0 fully saturated rings.